The normalized spacial score (nSPS) is 18.3. The van der Waals surface area contributed by atoms with Gasteiger partial charge in [0.05, 0.1) is 11.1 Å². The third-order valence-electron chi connectivity index (χ3n) is 4.98. The minimum Gasteiger partial charge on any atom is -0.369 e. The van der Waals surface area contributed by atoms with Crippen molar-refractivity contribution in [1.29, 1.82) is 0 Å². The molecule has 2 amide bonds. The third kappa shape index (κ3) is 1.47. The standard InChI is InChI=1S/C18H18N2O2/c1-10(2)20-14-7-6-13(18(8-9-18)17(19)22)11-4-3-5-12(15(11)14)16(20)21/h3-7,10H,8-9H2,1-2H3,(H2,19,22). The van der Waals surface area contributed by atoms with E-state index in [1.54, 1.807) is 0 Å². The van der Waals surface area contributed by atoms with Crippen LogP contribution >= 0.6 is 0 Å². The molecular formula is C18H18N2O2. The Morgan fingerprint density at radius 1 is 1.23 bits per heavy atom. The molecule has 2 aromatic carbocycles. The van der Waals surface area contributed by atoms with Gasteiger partial charge in [0.1, 0.15) is 0 Å². The van der Waals surface area contributed by atoms with E-state index >= 15 is 0 Å². The van der Waals surface area contributed by atoms with Crippen molar-refractivity contribution >= 4 is 28.3 Å². The highest BCUT2D eigenvalue weighted by Gasteiger charge is 2.51. The van der Waals surface area contributed by atoms with E-state index < -0.39 is 5.41 Å². The lowest BCUT2D eigenvalue weighted by molar-refractivity contribution is -0.120. The number of anilines is 1. The summed E-state index contributed by atoms with van der Waals surface area (Å²) in [7, 11) is 0. The molecule has 0 bridgehead atoms. The first kappa shape index (κ1) is 13.3. The Morgan fingerprint density at radius 2 is 1.95 bits per heavy atom. The number of primary amides is 1. The van der Waals surface area contributed by atoms with Crippen LogP contribution in [0.15, 0.2) is 30.3 Å². The molecular weight excluding hydrogens is 276 g/mol. The van der Waals surface area contributed by atoms with E-state index in [0.29, 0.717) is 0 Å². The van der Waals surface area contributed by atoms with Crippen LogP contribution < -0.4 is 10.6 Å². The zero-order valence-electron chi connectivity index (χ0n) is 12.7. The largest absolute Gasteiger partial charge is 0.369 e. The van der Waals surface area contributed by atoms with E-state index in [2.05, 4.69) is 0 Å². The first-order valence-electron chi connectivity index (χ1n) is 7.67. The fourth-order valence-electron chi connectivity index (χ4n) is 3.71. The van der Waals surface area contributed by atoms with Gasteiger partial charge in [0.15, 0.2) is 0 Å². The number of nitrogens with two attached hydrogens (primary N) is 1. The van der Waals surface area contributed by atoms with Gasteiger partial charge in [-0.3, -0.25) is 9.59 Å². The molecule has 0 unspecified atom stereocenters. The van der Waals surface area contributed by atoms with Crippen LogP contribution in [0.25, 0.3) is 10.8 Å². The van der Waals surface area contributed by atoms with Crippen molar-refractivity contribution in [3.63, 3.8) is 0 Å². The number of nitrogens with zero attached hydrogens (tertiary/aromatic N) is 1. The highest BCUT2D eigenvalue weighted by Crippen LogP contribution is 2.52. The Labute approximate surface area is 128 Å². The molecule has 1 aliphatic heterocycles. The topological polar surface area (TPSA) is 63.4 Å². The first-order chi connectivity index (χ1) is 10.5. The molecule has 4 heteroatoms. The minimum atomic E-state index is -0.536. The van der Waals surface area contributed by atoms with Crippen LogP contribution in [0.5, 0.6) is 0 Å². The summed E-state index contributed by atoms with van der Waals surface area (Å²) in [5.41, 5.74) is 7.73. The van der Waals surface area contributed by atoms with Gasteiger partial charge in [-0.15, -0.1) is 0 Å². The van der Waals surface area contributed by atoms with E-state index in [-0.39, 0.29) is 17.9 Å². The molecule has 0 saturated heterocycles. The lowest BCUT2D eigenvalue weighted by atomic mass is 9.89. The molecule has 2 N–H and O–H groups in total. The van der Waals surface area contributed by atoms with E-state index in [0.717, 1.165) is 40.4 Å². The van der Waals surface area contributed by atoms with Crippen molar-refractivity contribution < 1.29 is 9.59 Å². The fraction of sp³-hybridized carbons (Fsp3) is 0.333. The maximum absolute atomic E-state index is 12.7. The summed E-state index contributed by atoms with van der Waals surface area (Å²) >= 11 is 0. The molecule has 22 heavy (non-hydrogen) atoms. The molecule has 4 nitrogen and oxygen atoms in total. The van der Waals surface area contributed by atoms with Gasteiger partial charge in [-0.2, -0.15) is 0 Å². The summed E-state index contributed by atoms with van der Waals surface area (Å²) < 4.78 is 0. The summed E-state index contributed by atoms with van der Waals surface area (Å²) in [4.78, 5) is 26.4. The molecule has 4 rings (SSSR count). The Bertz CT molecular complexity index is 834. The summed E-state index contributed by atoms with van der Waals surface area (Å²) in [6.45, 7) is 4.02. The zero-order valence-corrected chi connectivity index (χ0v) is 12.7. The van der Waals surface area contributed by atoms with E-state index in [1.165, 1.54) is 0 Å². The van der Waals surface area contributed by atoms with Gasteiger partial charge >= 0.3 is 0 Å². The smallest absolute Gasteiger partial charge is 0.259 e. The average Bonchev–Trinajstić information content (AvgIpc) is 3.23. The molecule has 1 saturated carbocycles. The second kappa shape index (κ2) is 4.09. The predicted molar refractivity (Wildman–Crippen MR) is 86.0 cm³/mol. The molecule has 0 aromatic heterocycles. The maximum Gasteiger partial charge on any atom is 0.259 e. The number of carbonyl (C=O) groups is 2. The van der Waals surface area contributed by atoms with E-state index in [4.69, 9.17) is 5.73 Å². The number of hydrogen-bond donors (Lipinski definition) is 1. The number of carbonyl (C=O) groups excluding carboxylic acids is 2. The molecule has 0 spiro atoms. The van der Waals surface area contributed by atoms with Gasteiger partial charge in [0, 0.05) is 17.0 Å². The number of rotatable bonds is 3. The summed E-state index contributed by atoms with van der Waals surface area (Å²) in [5, 5.41) is 1.95. The van der Waals surface area contributed by atoms with Crippen molar-refractivity contribution in [2.75, 3.05) is 4.90 Å². The van der Waals surface area contributed by atoms with Gasteiger partial charge < -0.3 is 10.6 Å². The highest BCUT2D eigenvalue weighted by atomic mass is 16.2. The Balaban J connectivity index is 2.04. The van der Waals surface area contributed by atoms with Gasteiger partial charge in [-0.1, -0.05) is 18.2 Å². The van der Waals surface area contributed by atoms with Crippen molar-refractivity contribution in [2.24, 2.45) is 5.73 Å². The Morgan fingerprint density at radius 3 is 2.55 bits per heavy atom. The first-order valence-corrected chi connectivity index (χ1v) is 7.67. The highest BCUT2D eigenvalue weighted by molar-refractivity contribution is 6.26. The van der Waals surface area contributed by atoms with Crippen molar-refractivity contribution in [1.82, 2.24) is 0 Å². The molecule has 112 valence electrons. The number of amides is 2. The van der Waals surface area contributed by atoms with Crippen molar-refractivity contribution in [3.8, 4) is 0 Å². The fourth-order valence-corrected chi connectivity index (χ4v) is 3.71. The SMILES string of the molecule is CC(C)N1C(=O)c2cccc3c(C4(C(N)=O)CC4)ccc1c23. The van der Waals surface area contributed by atoms with Gasteiger partial charge in [-0.25, -0.2) is 0 Å². The second-order valence-corrected chi connectivity index (χ2v) is 6.58. The monoisotopic (exact) mass is 294 g/mol. The number of benzene rings is 2. The lowest BCUT2D eigenvalue weighted by Gasteiger charge is -2.23. The van der Waals surface area contributed by atoms with Gasteiger partial charge in [0.2, 0.25) is 5.91 Å². The molecule has 0 atom stereocenters. The van der Waals surface area contributed by atoms with Crippen molar-refractivity contribution in [3.05, 3.63) is 41.5 Å². The van der Waals surface area contributed by atoms with Crippen LogP contribution in [0.4, 0.5) is 5.69 Å². The lowest BCUT2D eigenvalue weighted by Crippen LogP contribution is -2.33. The Kier molecular flexibility index (Phi) is 2.48. The molecule has 2 aliphatic rings. The average molecular weight is 294 g/mol. The summed E-state index contributed by atoms with van der Waals surface area (Å²) in [6, 6.07) is 9.80. The van der Waals surface area contributed by atoms with Crippen LogP contribution in [0.3, 0.4) is 0 Å². The van der Waals surface area contributed by atoms with E-state index in [1.807, 2.05) is 49.1 Å². The summed E-state index contributed by atoms with van der Waals surface area (Å²) in [6.07, 6.45) is 1.59. The van der Waals surface area contributed by atoms with Crippen LogP contribution in [0.1, 0.15) is 42.6 Å². The minimum absolute atomic E-state index is 0.0386. The maximum atomic E-state index is 12.7. The molecule has 1 heterocycles. The predicted octanol–water partition coefficient (Wildman–Crippen LogP) is 2.73. The van der Waals surface area contributed by atoms with Crippen LogP contribution in [0, 0.1) is 0 Å². The quantitative estimate of drug-likeness (QED) is 0.946. The second-order valence-electron chi connectivity index (χ2n) is 6.58. The van der Waals surface area contributed by atoms with Gasteiger partial charge in [-0.05, 0) is 49.8 Å². The summed E-state index contributed by atoms with van der Waals surface area (Å²) in [5.74, 6) is -0.227. The number of hydrogen-bond acceptors (Lipinski definition) is 2. The third-order valence-corrected chi connectivity index (χ3v) is 4.98. The molecule has 2 aromatic rings. The van der Waals surface area contributed by atoms with Crippen LogP contribution in [-0.2, 0) is 10.2 Å². The zero-order chi connectivity index (χ0) is 15.6. The molecule has 1 fully saturated rings. The van der Waals surface area contributed by atoms with Crippen molar-refractivity contribution in [2.45, 2.75) is 38.1 Å². The van der Waals surface area contributed by atoms with Crippen LogP contribution in [0.2, 0.25) is 0 Å². The van der Waals surface area contributed by atoms with Crippen LogP contribution in [-0.4, -0.2) is 17.9 Å². The van der Waals surface area contributed by atoms with Gasteiger partial charge in [0.25, 0.3) is 5.91 Å². The molecule has 1 aliphatic carbocycles. The molecule has 0 radical (unpaired) electrons. The van der Waals surface area contributed by atoms with E-state index in [9.17, 15) is 9.59 Å². The Hall–Kier alpha value is -2.36.